The lowest BCUT2D eigenvalue weighted by Crippen LogP contribution is -2.20. The van der Waals surface area contributed by atoms with Gasteiger partial charge in [0.1, 0.15) is 24.2 Å². The standard InChI is InChI=1S/C24H32O3/c1-6-23(2,3)17-27-21-13-9-19(10-14-21)24(4,5)18-7-11-20(12-8-18)25-15-22-16-26-22/h7-14,22H,6,15-17H2,1-5H3. The first-order valence-corrected chi connectivity index (χ1v) is 9.88. The van der Waals surface area contributed by atoms with Crippen LogP contribution in [0.15, 0.2) is 48.5 Å². The average Bonchev–Trinajstić information content (AvgIpc) is 3.50. The first-order valence-electron chi connectivity index (χ1n) is 9.88. The summed E-state index contributed by atoms with van der Waals surface area (Å²) in [5, 5.41) is 0. The summed E-state index contributed by atoms with van der Waals surface area (Å²) in [7, 11) is 0. The van der Waals surface area contributed by atoms with Crippen molar-refractivity contribution >= 4 is 0 Å². The van der Waals surface area contributed by atoms with Gasteiger partial charge < -0.3 is 14.2 Å². The smallest absolute Gasteiger partial charge is 0.119 e. The van der Waals surface area contributed by atoms with E-state index in [1.54, 1.807) is 0 Å². The fourth-order valence-electron chi connectivity index (χ4n) is 2.84. The van der Waals surface area contributed by atoms with Crippen LogP contribution in [0.4, 0.5) is 0 Å². The predicted molar refractivity (Wildman–Crippen MR) is 110 cm³/mol. The second-order valence-corrected chi connectivity index (χ2v) is 8.75. The highest BCUT2D eigenvalue weighted by Crippen LogP contribution is 2.33. The molecule has 1 atom stereocenters. The highest BCUT2D eigenvalue weighted by molar-refractivity contribution is 5.41. The Kier molecular flexibility index (Phi) is 5.81. The lowest BCUT2D eigenvalue weighted by atomic mass is 9.78. The summed E-state index contributed by atoms with van der Waals surface area (Å²) in [4.78, 5) is 0. The van der Waals surface area contributed by atoms with Gasteiger partial charge in [-0.2, -0.15) is 0 Å². The molecule has 2 aromatic rings. The van der Waals surface area contributed by atoms with Gasteiger partial charge in [0, 0.05) is 5.41 Å². The molecular weight excluding hydrogens is 336 g/mol. The lowest BCUT2D eigenvalue weighted by Gasteiger charge is -2.27. The van der Waals surface area contributed by atoms with Crippen LogP contribution in [0.2, 0.25) is 0 Å². The molecule has 0 aromatic heterocycles. The van der Waals surface area contributed by atoms with Crippen molar-refractivity contribution < 1.29 is 14.2 Å². The highest BCUT2D eigenvalue weighted by Gasteiger charge is 2.25. The molecular formula is C24H32O3. The summed E-state index contributed by atoms with van der Waals surface area (Å²) >= 11 is 0. The Morgan fingerprint density at radius 1 is 0.852 bits per heavy atom. The van der Waals surface area contributed by atoms with Crippen LogP contribution in [-0.4, -0.2) is 25.9 Å². The van der Waals surface area contributed by atoms with Gasteiger partial charge in [0.2, 0.25) is 0 Å². The van der Waals surface area contributed by atoms with Crippen LogP contribution >= 0.6 is 0 Å². The molecule has 1 aliphatic heterocycles. The van der Waals surface area contributed by atoms with Crippen molar-refractivity contribution in [3.63, 3.8) is 0 Å². The second kappa shape index (κ2) is 7.93. The van der Waals surface area contributed by atoms with Crippen LogP contribution in [-0.2, 0) is 10.2 Å². The fourth-order valence-corrected chi connectivity index (χ4v) is 2.84. The molecule has 3 heteroatoms. The summed E-state index contributed by atoms with van der Waals surface area (Å²) in [6.07, 6.45) is 1.38. The maximum Gasteiger partial charge on any atom is 0.119 e. The van der Waals surface area contributed by atoms with Crippen LogP contribution in [0.25, 0.3) is 0 Å². The van der Waals surface area contributed by atoms with Crippen LogP contribution in [0.3, 0.4) is 0 Å². The number of epoxide rings is 1. The first kappa shape index (κ1) is 19.8. The van der Waals surface area contributed by atoms with Crippen molar-refractivity contribution in [2.45, 2.75) is 52.6 Å². The number of rotatable bonds is 9. The normalized spacial score (nSPS) is 16.9. The third-order valence-electron chi connectivity index (χ3n) is 5.58. The minimum absolute atomic E-state index is 0.0840. The minimum atomic E-state index is -0.0840. The number of benzene rings is 2. The van der Waals surface area contributed by atoms with Gasteiger partial charge in [0.15, 0.2) is 0 Å². The van der Waals surface area contributed by atoms with Gasteiger partial charge in [-0.15, -0.1) is 0 Å². The van der Waals surface area contributed by atoms with Gasteiger partial charge in [-0.1, -0.05) is 58.9 Å². The van der Waals surface area contributed by atoms with E-state index in [9.17, 15) is 0 Å². The van der Waals surface area contributed by atoms with E-state index >= 15 is 0 Å². The largest absolute Gasteiger partial charge is 0.493 e. The molecule has 0 saturated carbocycles. The molecule has 1 fully saturated rings. The SMILES string of the molecule is CCC(C)(C)COc1ccc(C(C)(C)c2ccc(OCC3CO3)cc2)cc1. The molecule has 0 bridgehead atoms. The number of hydrogen-bond donors (Lipinski definition) is 0. The molecule has 2 aromatic carbocycles. The molecule has 1 aliphatic rings. The maximum absolute atomic E-state index is 5.98. The molecule has 27 heavy (non-hydrogen) atoms. The van der Waals surface area contributed by atoms with E-state index in [-0.39, 0.29) is 16.9 Å². The van der Waals surface area contributed by atoms with Crippen molar-refractivity contribution in [3.05, 3.63) is 59.7 Å². The Labute approximate surface area is 163 Å². The molecule has 1 saturated heterocycles. The number of hydrogen-bond acceptors (Lipinski definition) is 3. The van der Waals surface area contributed by atoms with Gasteiger partial charge in [-0.05, 0) is 47.2 Å². The summed E-state index contributed by atoms with van der Waals surface area (Å²) < 4.78 is 16.9. The zero-order chi connectivity index (χ0) is 19.5. The molecule has 1 unspecified atom stereocenters. The third kappa shape index (κ3) is 5.26. The molecule has 3 nitrogen and oxygen atoms in total. The van der Waals surface area contributed by atoms with Crippen LogP contribution in [0.1, 0.15) is 52.2 Å². The fraction of sp³-hybridized carbons (Fsp3) is 0.500. The third-order valence-corrected chi connectivity index (χ3v) is 5.58. The van der Waals surface area contributed by atoms with E-state index in [2.05, 4.69) is 71.0 Å². The van der Waals surface area contributed by atoms with E-state index in [0.29, 0.717) is 6.61 Å². The summed E-state index contributed by atoms with van der Waals surface area (Å²) in [6.45, 7) is 13.4. The van der Waals surface area contributed by atoms with Crippen LogP contribution in [0.5, 0.6) is 11.5 Å². The molecule has 0 radical (unpaired) electrons. The van der Waals surface area contributed by atoms with Crippen LogP contribution < -0.4 is 9.47 Å². The van der Waals surface area contributed by atoms with Gasteiger partial charge in [0.25, 0.3) is 0 Å². The van der Waals surface area contributed by atoms with E-state index in [4.69, 9.17) is 14.2 Å². The quantitative estimate of drug-likeness (QED) is 0.539. The molecule has 1 heterocycles. The minimum Gasteiger partial charge on any atom is -0.493 e. The molecule has 0 amide bonds. The Balaban J connectivity index is 1.64. The first-order chi connectivity index (χ1) is 12.8. The Morgan fingerprint density at radius 2 is 1.33 bits per heavy atom. The van der Waals surface area contributed by atoms with Gasteiger partial charge in [-0.25, -0.2) is 0 Å². The molecule has 0 aliphatic carbocycles. The summed E-state index contributed by atoms with van der Waals surface area (Å²) in [5.41, 5.74) is 2.65. The highest BCUT2D eigenvalue weighted by atomic mass is 16.6. The van der Waals surface area contributed by atoms with Crippen molar-refractivity contribution in [3.8, 4) is 11.5 Å². The predicted octanol–water partition coefficient (Wildman–Crippen LogP) is 5.61. The zero-order valence-corrected chi connectivity index (χ0v) is 17.2. The Hall–Kier alpha value is -2.00. The maximum atomic E-state index is 5.98. The van der Waals surface area contributed by atoms with Crippen molar-refractivity contribution in [2.75, 3.05) is 19.8 Å². The summed E-state index contributed by atoms with van der Waals surface area (Å²) in [5.74, 6) is 1.83. The van der Waals surface area contributed by atoms with Gasteiger partial charge in [-0.3, -0.25) is 0 Å². The van der Waals surface area contributed by atoms with Gasteiger partial charge in [0.05, 0.1) is 13.2 Å². The van der Waals surface area contributed by atoms with Gasteiger partial charge >= 0.3 is 0 Å². The van der Waals surface area contributed by atoms with E-state index in [0.717, 1.165) is 31.1 Å². The van der Waals surface area contributed by atoms with E-state index in [1.807, 2.05) is 12.1 Å². The molecule has 146 valence electrons. The van der Waals surface area contributed by atoms with Crippen molar-refractivity contribution in [2.24, 2.45) is 5.41 Å². The summed E-state index contributed by atoms with van der Waals surface area (Å²) in [6, 6.07) is 16.9. The van der Waals surface area contributed by atoms with E-state index < -0.39 is 0 Å². The zero-order valence-electron chi connectivity index (χ0n) is 17.2. The molecule has 0 N–H and O–H groups in total. The lowest BCUT2D eigenvalue weighted by molar-refractivity contribution is 0.175. The van der Waals surface area contributed by atoms with Crippen LogP contribution in [0, 0.1) is 5.41 Å². The molecule has 3 rings (SSSR count). The second-order valence-electron chi connectivity index (χ2n) is 8.75. The van der Waals surface area contributed by atoms with Crippen molar-refractivity contribution in [1.29, 1.82) is 0 Å². The Bertz CT molecular complexity index is 725. The topological polar surface area (TPSA) is 31.0 Å². The molecule has 0 spiro atoms. The Morgan fingerprint density at radius 3 is 1.78 bits per heavy atom. The van der Waals surface area contributed by atoms with Crippen molar-refractivity contribution in [1.82, 2.24) is 0 Å². The monoisotopic (exact) mass is 368 g/mol. The number of ether oxygens (including phenoxy) is 3. The van der Waals surface area contributed by atoms with E-state index in [1.165, 1.54) is 11.1 Å². The average molecular weight is 369 g/mol.